The van der Waals surface area contributed by atoms with E-state index in [1.807, 2.05) is 52.8 Å². The number of nitro benzene ring substituents is 1. The van der Waals surface area contributed by atoms with Gasteiger partial charge in [-0.1, -0.05) is 32.9 Å². The standard InChI is InChI=1S/C25H28N4O4/c1-15-6-7-16(2)19(14-15)26-22(31)25-13-12-24(5,23(25,3)4)20(21(25)30)28-27-17-8-10-18(11-9-17)29(32)33/h6-11,14,27H,12-13H2,1-5H3,(H,26,31). The monoisotopic (exact) mass is 448 g/mol. The van der Waals surface area contributed by atoms with Crippen molar-refractivity contribution in [1.82, 2.24) is 0 Å². The zero-order valence-corrected chi connectivity index (χ0v) is 19.5. The van der Waals surface area contributed by atoms with Crippen molar-refractivity contribution in [2.24, 2.45) is 21.3 Å². The van der Waals surface area contributed by atoms with E-state index in [0.717, 1.165) is 11.1 Å². The lowest BCUT2D eigenvalue weighted by atomic mass is 9.64. The average molecular weight is 449 g/mol. The molecule has 0 aliphatic heterocycles. The van der Waals surface area contributed by atoms with Crippen LogP contribution >= 0.6 is 0 Å². The molecule has 2 aliphatic rings. The molecule has 0 heterocycles. The molecule has 8 nitrogen and oxygen atoms in total. The van der Waals surface area contributed by atoms with Crippen molar-refractivity contribution in [3.63, 3.8) is 0 Å². The number of nitrogens with one attached hydrogen (secondary N) is 2. The van der Waals surface area contributed by atoms with Crippen molar-refractivity contribution in [3.8, 4) is 0 Å². The Hall–Kier alpha value is -3.55. The van der Waals surface area contributed by atoms with Crippen LogP contribution in [-0.4, -0.2) is 22.3 Å². The molecule has 2 bridgehead atoms. The second kappa shape index (κ2) is 7.50. The van der Waals surface area contributed by atoms with Crippen LogP contribution in [0.15, 0.2) is 47.6 Å². The molecule has 2 aromatic carbocycles. The van der Waals surface area contributed by atoms with Gasteiger partial charge in [-0.2, -0.15) is 5.10 Å². The number of nitro groups is 1. The number of hydrazone groups is 1. The van der Waals surface area contributed by atoms with Crippen LogP contribution in [0.3, 0.4) is 0 Å². The molecule has 2 saturated carbocycles. The zero-order chi connectivity index (χ0) is 24.2. The number of carbonyl (C=O) groups excluding carboxylic acids is 2. The van der Waals surface area contributed by atoms with E-state index in [0.29, 0.717) is 29.9 Å². The molecule has 2 unspecified atom stereocenters. The molecule has 2 atom stereocenters. The summed E-state index contributed by atoms with van der Waals surface area (Å²) in [6.45, 7) is 9.80. The number of hydrogen-bond donors (Lipinski definition) is 2. The zero-order valence-electron chi connectivity index (χ0n) is 19.5. The van der Waals surface area contributed by atoms with E-state index < -0.39 is 21.2 Å². The largest absolute Gasteiger partial charge is 0.325 e. The molecule has 1 amide bonds. The van der Waals surface area contributed by atoms with E-state index in [-0.39, 0.29) is 17.4 Å². The van der Waals surface area contributed by atoms with Gasteiger partial charge in [-0.05, 0) is 61.4 Å². The first-order chi connectivity index (χ1) is 15.4. The van der Waals surface area contributed by atoms with E-state index in [9.17, 15) is 19.7 Å². The van der Waals surface area contributed by atoms with Crippen LogP contribution in [0.4, 0.5) is 17.1 Å². The van der Waals surface area contributed by atoms with Crippen LogP contribution in [0.5, 0.6) is 0 Å². The van der Waals surface area contributed by atoms with E-state index >= 15 is 0 Å². The molecule has 2 fully saturated rings. The van der Waals surface area contributed by atoms with Gasteiger partial charge in [0.15, 0.2) is 5.78 Å². The summed E-state index contributed by atoms with van der Waals surface area (Å²) in [4.78, 5) is 37.8. The van der Waals surface area contributed by atoms with Crippen molar-refractivity contribution in [1.29, 1.82) is 0 Å². The maximum absolute atomic E-state index is 13.7. The Morgan fingerprint density at radius 3 is 2.36 bits per heavy atom. The minimum absolute atomic E-state index is 0.0284. The average Bonchev–Trinajstić information content (AvgIpc) is 3.04. The number of rotatable bonds is 5. The smallest absolute Gasteiger partial charge is 0.269 e. The molecule has 0 radical (unpaired) electrons. The predicted molar refractivity (Wildman–Crippen MR) is 127 cm³/mol. The highest BCUT2D eigenvalue weighted by molar-refractivity contribution is 6.51. The van der Waals surface area contributed by atoms with E-state index in [2.05, 4.69) is 15.8 Å². The Bertz CT molecular complexity index is 1200. The van der Waals surface area contributed by atoms with Crippen LogP contribution < -0.4 is 10.7 Å². The van der Waals surface area contributed by atoms with Gasteiger partial charge >= 0.3 is 0 Å². The highest BCUT2D eigenvalue weighted by Crippen LogP contribution is 2.69. The number of Topliss-reactive ketones (excluding diaryl/α,β-unsaturated/α-hetero) is 1. The first-order valence-corrected chi connectivity index (χ1v) is 11.0. The van der Waals surface area contributed by atoms with Crippen molar-refractivity contribution in [2.75, 3.05) is 10.7 Å². The van der Waals surface area contributed by atoms with Gasteiger partial charge in [0.05, 0.1) is 10.6 Å². The molecule has 0 aromatic heterocycles. The van der Waals surface area contributed by atoms with Crippen LogP contribution in [-0.2, 0) is 9.59 Å². The van der Waals surface area contributed by atoms with Gasteiger partial charge in [0.2, 0.25) is 5.91 Å². The van der Waals surface area contributed by atoms with E-state index in [1.54, 1.807) is 0 Å². The normalized spacial score (nSPS) is 26.5. The summed E-state index contributed by atoms with van der Waals surface area (Å²) in [6, 6.07) is 11.7. The number of hydrogen-bond acceptors (Lipinski definition) is 6. The van der Waals surface area contributed by atoms with Gasteiger partial charge in [-0.3, -0.25) is 25.1 Å². The SMILES string of the molecule is Cc1ccc(C)c(NC(=O)C23CCC(C)(C(=NNc4ccc([N+](=O)[O-])cc4)C2=O)C3(C)C)c1. The molecule has 2 aromatic rings. The molecule has 172 valence electrons. The van der Waals surface area contributed by atoms with Crippen LogP contribution in [0.1, 0.15) is 44.7 Å². The molecule has 2 N–H and O–H groups in total. The van der Waals surface area contributed by atoms with Crippen LogP contribution in [0.25, 0.3) is 0 Å². The van der Waals surface area contributed by atoms with Crippen LogP contribution in [0.2, 0.25) is 0 Å². The summed E-state index contributed by atoms with van der Waals surface area (Å²) in [5.74, 6) is -0.561. The fourth-order valence-corrected chi connectivity index (χ4v) is 5.35. The number of fused-ring (bicyclic) bond motifs is 2. The van der Waals surface area contributed by atoms with Gasteiger partial charge < -0.3 is 5.32 Å². The summed E-state index contributed by atoms with van der Waals surface area (Å²) in [6.07, 6.45) is 1.12. The summed E-state index contributed by atoms with van der Waals surface area (Å²) in [5, 5.41) is 18.3. The Kier molecular flexibility index (Phi) is 5.15. The highest BCUT2D eigenvalue weighted by Gasteiger charge is 2.76. The maximum Gasteiger partial charge on any atom is 0.269 e. The molecular weight excluding hydrogens is 420 g/mol. The lowest BCUT2D eigenvalue weighted by Gasteiger charge is -2.37. The Morgan fingerprint density at radius 1 is 1.06 bits per heavy atom. The van der Waals surface area contributed by atoms with Crippen molar-refractivity contribution < 1.29 is 14.5 Å². The van der Waals surface area contributed by atoms with Gasteiger partial charge in [-0.25, -0.2) is 0 Å². The number of amides is 1. The Labute approximate surface area is 192 Å². The quantitative estimate of drug-likeness (QED) is 0.379. The second-order valence-electron chi connectivity index (χ2n) is 9.84. The second-order valence-corrected chi connectivity index (χ2v) is 9.84. The van der Waals surface area contributed by atoms with Crippen LogP contribution in [0, 0.1) is 40.2 Å². The number of non-ortho nitro benzene ring substituents is 1. The van der Waals surface area contributed by atoms with Crippen molar-refractivity contribution in [2.45, 2.75) is 47.5 Å². The lowest BCUT2D eigenvalue weighted by molar-refractivity contribution is -0.384. The number of anilines is 2. The predicted octanol–water partition coefficient (Wildman–Crippen LogP) is 5.01. The van der Waals surface area contributed by atoms with E-state index in [4.69, 9.17) is 0 Å². The van der Waals surface area contributed by atoms with Crippen molar-refractivity contribution >= 4 is 34.5 Å². The molecule has 4 rings (SSSR count). The number of ketones is 1. The lowest BCUT2D eigenvalue weighted by Crippen LogP contribution is -2.47. The minimum atomic E-state index is -1.21. The summed E-state index contributed by atoms with van der Waals surface area (Å²) >= 11 is 0. The van der Waals surface area contributed by atoms with Gasteiger partial charge in [0, 0.05) is 23.2 Å². The Balaban J connectivity index is 1.67. The van der Waals surface area contributed by atoms with E-state index in [1.165, 1.54) is 24.3 Å². The minimum Gasteiger partial charge on any atom is -0.325 e. The first kappa shape index (κ1) is 22.6. The molecule has 33 heavy (non-hydrogen) atoms. The van der Waals surface area contributed by atoms with Gasteiger partial charge in [0.25, 0.3) is 5.69 Å². The molecule has 2 aliphatic carbocycles. The maximum atomic E-state index is 13.7. The molecular formula is C25H28N4O4. The van der Waals surface area contributed by atoms with Gasteiger partial charge in [0.1, 0.15) is 11.1 Å². The Morgan fingerprint density at radius 2 is 1.73 bits per heavy atom. The highest BCUT2D eigenvalue weighted by atomic mass is 16.6. The summed E-state index contributed by atoms with van der Waals surface area (Å²) in [5.41, 5.74) is 3.93. The summed E-state index contributed by atoms with van der Waals surface area (Å²) < 4.78 is 0. The molecule has 8 heteroatoms. The summed E-state index contributed by atoms with van der Waals surface area (Å²) in [7, 11) is 0. The first-order valence-electron chi connectivity index (χ1n) is 11.0. The number of aryl methyl sites for hydroxylation is 2. The van der Waals surface area contributed by atoms with Gasteiger partial charge in [-0.15, -0.1) is 0 Å². The molecule has 0 saturated heterocycles. The number of nitrogens with zero attached hydrogens (tertiary/aromatic N) is 2. The number of carbonyl (C=O) groups is 2. The third-order valence-electron chi connectivity index (χ3n) is 7.98. The molecule has 0 spiro atoms. The topological polar surface area (TPSA) is 114 Å². The third kappa shape index (κ3) is 3.15. The van der Waals surface area contributed by atoms with Crippen molar-refractivity contribution in [3.05, 3.63) is 63.7 Å². The third-order valence-corrected chi connectivity index (χ3v) is 7.98. The number of benzene rings is 2. The fraction of sp³-hybridized carbons (Fsp3) is 0.400. The fourth-order valence-electron chi connectivity index (χ4n) is 5.35.